The Morgan fingerprint density at radius 1 is 1.50 bits per heavy atom. The quantitative estimate of drug-likeness (QED) is 0.793. The molecule has 0 aliphatic carbocycles. The molecule has 0 heterocycles. The minimum atomic E-state index is -2.21. The highest BCUT2D eigenvalue weighted by Gasteiger charge is 2.08. The minimum absolute atomic E-state index is 0.174. The zero-order valence-electron chi connectivity index (χ0n) is 9.27. The van der Waals surface area contributed by atoms with Gasteiger partial charge in [-0.05, 0) is 25.5 Å². The molecule has 0 saturated carbocycles. The lowest BCUT2D eigenvalue weighted by molar-refractivity contribution is 0.259. The van der Waals surface area contributed by atoms with Crippen molar-refractivity contribution in [2.24, 2.45) is 5.73 Å². The number of carbonyl (C=O) groups is 1. The van der Waals surface area contributed by atoms with Crippen molar-refractivity contribution >= 4 is 18.9 Å². The standard InChI is InChI=1S/C10H15N2O3P/c1-16(2,14)7-15-9-5-3-4-8(6-9)12-10(11)13/h3-6H,7H2,1-2H3,(H3,11,12,13). The van der Waals surface area contributed by atoms with Crippen LogP contribution in [0.2, 0.25) is 0 Å². The Hall–Kier alpha value is -1.48. The summed E-state index contributed by atoms with van der Waals surface area (Å²) in [5.74, 6) is 0.551. The number of carbonyl (C=O) groups excluding carboxylic acids is 1. The van der Waals surface area contributed by atoms with Crippen LogP contribution in [0.15, 0.2) is 24.3 Å². The van der Waals surface area contributed by atoms with E-state index in [1.807, 2.05) is 0 Å². The predicted molar refractivity (Wildman–Crippen MR) is 64.6 cm³/mol. The Morgan fingerprint density at radius 2 is 2.19 bits per heavy atom. The third kappa shape index (κ3) is 4.84. The molecule has 0 fully saturated rings. The van der Waals surface area contributed by atoms with Crippen LogP contribution in [-0.2, 0) is 4.57 Å². The highest BCUT2D eigenvalue weighted by atomic mass is 31.2. The van der Waals surface area contributed by atoms with Crippen molar-refractivity contribution in [2.45, 2.75) is 0 Å². The normalized spacial score (nSPS) is 10.9. The van der Waals surface area contributed by atoms with Gasteiger partial charge >= 0.3 is 6.03 Å². The largest absolute Gasteiger partial charge is 0.486 e. The lowest BCUT2D eigenvalue weighted by Gasteiger charge is -2.10. The van der Waals surface area contributed by atoms with Crippen molar-refractivity contribution in [3.8, 4) is 5.75 Å². The molecule has 2 amide bonds. The molecule has 0 spiro atoms. The number of urea groups is 1. The molecule has 1 aromatic rings. The number of amides is 2. The van der Waals surface area contributed by atoms with E-state index in [1.54, 1.807) is 37.6 Å². The maximum atomic E-state index is 11.4. The smallest absolute Gasteiger partial charge is 0.316 e. The first-order chi connectivity index (χ1) is 7.37. The zero-order valence-corrected chi connectivity index (χ0v) is 10.2. The average molecular weight is 242 g/mol. The van der Waals surface area contributed by atoms with Crippen LogP contribution in [0.1, 0.15) is 0 Å². The van der Waals surface area contributed by atoms with Crippen LogP contribution >= 0.6 is 7.14 Å². The van der Waals surface area contributed by atoms with Gasteiger partial charge in [0.1, 0.15) is 19.2 Å². The van der Waals surface area contributed by atoms with Crippen LogP contribution in [-0.4, -0.2) is 25.7 Å². The molecule has 0 saturated heterocycles. The number of hydrogen-bond acceptors (Lipinski definition) is 3. The van der Waals surface area contributed by atoms with Crippen molar-refractivity contribution in [2.75, 3.05) is 25.0 Å². The second-order valence-corrected chi connectivity index (χ2v) is 7.27. The average Bonchev–Trinajstić information content (AvgIpc) is 2.13. The molecule has 1 aromatic carbocycles. The molecule has 0 aromatic heterocycles. The number of rotatable bonds is 4. The third-order valence-corrected chi connectivity index (χ3v) is 2.39. The number of anilines is 1. The topological polar surface area (TPSA) is 81.4 Å². The highest BCUT2D eigenvalue weighted by molar-refractivity contribution is 7.62. The van der Waals surface area contributed by atoms with Crippen molar-refractivity contribution < 1.29 is 14.1 Å². The van der Waals surface area contributed by atoms with Gasteiger partial charge < -0.3 is 20.4 Å². The summed E-state index contributed by atoms with van der Waals surface area (Å²) in [4.78, 5) is 10.6. The van der Waals surface area contributed by atoms with Crippen LogP contribution in [0, 0.1) is 0 Å². The summed E-state index contributed by atoms with van der Waals surface area (Å²) < 4.78 is 16.8. The molecule has 16 heavy (non-hydrogen) atoms. The van der Waals surface area contributed by atoms with Gasteiger partial charge in [-0.15, -0.1) is 0 Å². The molecule has 6 heteroatoms. The van der Waals surface area contributed by atoms with Gasteiger partial charge in [0.05, 0.1) is 0 Å². The minimum Gasteiger partial charge on any atom is -0.486 e. The van der Waals surface area contributed by atoms with E-state index in [9.17, 15) is 9.36 Å². The molecule has 1 rings (SSSR count). The van der Waals surface area contributed by atoms with E-state index in [2.05, 4.69) is 5.32 Å². The van der Waals surface area contributed by atoms with E-state index in [0.29, 0.717) is 11.4 Å². The summed E-state index contributed by atoms with van der Waals surface area (Å²) in [6.45, 7) is 3.30. The summed E-state index contributed by atoms with van der Waals surface area (Å²) in [6.07, 6.45) is 0.174. The summed E-state index contributed by atoms with van der Waals surface area (Å²) in [5.41, 5.74) is 5.53. The van der Waals surface area contributed by atoms with Gasteiger partial charge in [0.2, 0.25) is 0 Å². The molecule has 5 nitrogen and oxygen atoms in total. The second kappa shape index (κ2) is 5.03. The Bertz CT molecular complexity index is 428. The molecule has 0 aliphatic heterocycles. The molecule has 88 valence electrons. The van der Waals surface area contributed by atoms with E-state index >= 15 is 0 Å². The van der Waals surface area contributed by atoms with Gasteiger partial charge in [-0.25, -0.2) is 4.79 Å². The van der Waals surface area contributed by atoms with Crippen LogP contribution in [0.5, 0.6) is 5.75 Å². The SMILES string of the molecule is CP(C)(=O)COc1cccc(NC(N)=O)c1. The Labute approximate surface area is 94.3 Å². The van der Waals surface area contributed by atoms with E-state index in [4.69, 9.17) is 10.5 Å². The van der Waals surface area contributed by atoms with E-state index in [-0.39, 0.29) is 6.35 Å². The van der Waals surface area contributed by atoms with E-state index in [0.717, 1.165) is 0 Å². The molecular weight excluding hydrogens is 227 g/mol. The third-order valence-electron chi connectivity index (χ3n) is 1.64. The fraction of sp³-hybridized carbons (Fsp3) is 0.300. The number of nitrogens with one attached hydrogen (secondary N) is 1. The summed E-state index contributed by atoms with van der Waals surface area (Å²) in [5, 5.41) is 2.43. The summed E-state index contributed by atoms with van der Waals surface area (Å²) >= 11 is 0. The number of hydrogen-bond donors (Lipinski definition) is 2. The molecule has 0 bridgehead atoms. The lowest BCUT2D eigenvalue weighted by Crippen LogP contribution is -2.19. The first-order valence-corrected chi connectivity index (χ1v) is 7.49. The first-order valence-electron chi connectivity index (χ1n) is 4.70. The van der Waals surface area contributed by atoms with Gasteiger partial charge in [-0.2, -0.15) is 0 Å². The molecule has 0 radical (unpaired) electrons. The number of ether oxygens (including phenoxy) is 1. The molecule has 3 N–H and O–H groups in total. The van der Waals surface area contributed by atoms with Gasteiger partial charge in [-0.1, -0.05) is 6.07 Å². The molecule has 0 aliphatic rings. The summed E-state index contributed by atoms with van der Waals surface area (Å²) in [6, 6.07) is 6.13. The van der Waals surface area contributed by atoms with Crippen LogP contribution in [0.4, 0.5) is 10.5 Å². The maximum absolute atomic E-state index is 11.4. The maximum Gasteiger partial charge on any atom is 0.316 e. The molecule has 0 atom stereocenters. The number of nitrogens with two attached hydrogens (primary N) is 1. The van der Waals surface area contributed by atoms with Crippen molar-refractivity contribution in [1.82, 2.24) is 0 Å². The Balaban J connectivity index is 2.67. The van der Waals surface area contributed by atoms with Crippen LogP contribution in [0.3, 0.4) is 0 Å². The van der Waals surface area contributed by atoms with Gasteiger partial charge in [0, 0.05) is 11.8 Å². The monoisotopic (exact) mass is 242 g/mol. The van der Waals surface area contributed by atoms with E-state index in [1.165, 1.54) is 0 Å². The first kappa shape index (κ1) is 12.6. The van der Waals surface area contributed by atoms with Gasteiger partial charge in [0.15, 0.2) is 0 Å². The van der Waals surface area contributed by atoms with Crippen molar-refractivity contribution in [3.63, 3.8) is 0 Å². The lowest BCUT2D eigenvalue weighted by atomic mass is 10.3. The van der Waals surface area contributed by atoms with Gasteiger partial charge in [-0.3, -0.25) is 0 Å². The molecule has 0 unspecified atom stereocenters. The highest BCUT2D eigenvalue weighted by Crippen LogP contribution is 2.36. The number of primary amides is 1. The van der Waals surface area contributed by atoms with Crippen molar-refractivity contribution in [1.29, 1.82) is 0 Å². The van der Waals surface area contributed by atoms with Crippen molar-refractivity contribution in [3.05, 3.63) is 24.3 Å². The fourth-order valence-corrected chi connectivity index (χ4v) is 1.50. The zero-order chi connectivity index (χ0) is 12.2. The fourth-order valence-electron chi connectivity index (χ4n) is 1.04. The summed E-state index contributed by atoms with van der Waals surface area (Å²) in [7, 11) is -2.21. The Kier molecular flexibility index (Phi) is 3.96. The van der Waals surface area contributed by atoms with E-state index < -0.39 is 13.2 Å². The van der Waals surface area contributed by atoms with Crippen LogP contribution in [0.25, 0.3) is 0 Å². The number of benzene rings is 1. The second-order valence-electron chi connectivity index (χ2n) is 3.86. The van der Waals surface area contributed by atoms with Gasteiger partial charge in [0.25, 0.3) is 0 Å². The van der Waals surface area contributed by atoms with Crippen LogP contribution < -0.4 is 15.8 Å². The predicted octanol–water partition coefficient (Wildman–Crippen LogP) is 2.14. The molecular formula is C10H15N2O3P. The Morgan fingerprint density at radius 3 is 2.75 bits per heavy atom.